The lowest BCUT2D eigenvalue weighted by molar-refractivity contribution is 0.00445. The quantitative estimate of drug-likeness (QED) is 0.619. The Balaban J connectivity index is 1.42. The van der Waals surface area contributed by atoms with E-state index in [0.29, 0.717) is 24.0 Å². The number of hydrogen-bond acceptors (Lipinski definition) is 7. The molecule has 0 bridgehead atoms. The Morgan fingerprint density at radius 1 is 1.14 bits per heavy atom. The number of aliphatic hydroxyl groups excluding tert-OH is 1. The third kappa shape index (κ3) is 6.90. The standard InChI is InChI=1S/C21H34N2O5/c1-25-21-12-18(14-22-13-17-4-8-26-9-5-17)2-3-20(21)28-16-19(24)15-23-6-10-27-11-7-23/h2-3,12,17,19,22,24H,4-11,13-16H2,1H3/t19-/m0/s1. The van der Waals surface area contributed by atoms with Gasteiger partial charge in [0, 0.05) is 39.4 Å². The molecule has 2 aliphatic heterocycles. The van der Waals surface area contributed by atoms with Gasteiger partial charge in [-0.15, -0.1) is 0 Å². The molecule has 0 aromatic heterocycles. The van der Waals surface area contributed by atoms with Crippen LogP contribution in [-0.4, -0.2) is 82.4 Å². The van der Waals surface area contributed by atoms with Gasteiger partial charge in [0.25, 0.3) is 0 Å². The maximum Gasteiger partial charge on any atom is 0.161 e. The van der Waals surface area contributed by atoms with Crippen molar-refractivity contribution in [2.24, 2.45) is 5.92 Å². The molecule has 0 radical (unpaired) electrons. The summed E-state index contributed by atoms with van der Waals surface area (Å²) in [5.41, 5.74) is 1.16. The normalized spacial score (nSPS) is 20.1. The minimum Gasteiger partial charge on any atom is -0.493 e. The molecule has 0 unspecified atom stereocenters. The Morgan fingerprint density at radius 2 is 1.89 bits per heavy atom. The Morgan fingerprint density at radius 3 is 2.64 bits per heavy atom. The van der Waals surface area contributed by atoms with Crippen molar-refractivity contribution in [2.45, 2.75) is 25.5 Å². The Kier molecular flexibility index (Phi) is 8.82. The van der Waals surface area contributed by atoms with Crippen LogP contribution in [0.25, 0.3) is 0 Å². The zero-order chi connectivity index (χ0) is 19.6. The highest BCUT2D eigenvalue weighted by atomic mass is 16.5. The molecule has 1 atom stereocenters. The van der Waals surface area contributed by atoms with E-state index in [1.807, 2.05) is 18.2 Å². The van der Waals surface area contributed by atoms with Crippen LogP contribution in [0.3, 0.4) is 0 Å². The summed E-state index contributed by atoms with van der Waals surface area (Å²) >= 11 is 0. The predicted molar refractivity (Wildman–Crippen MR) is 107 cm³/mol. The molecule has 7 heteroatoms. The Hall–Kier alpha value is -1.38. The summed E-state index contributed by atoms with van der Waals surface area (Å²) in [6.45, 7) is 7.58. The number of ether oxygens (including phenoxy) is 4. The minimum absolute atomic E-state index is 0.245. The molecule has 158 valence electrons. The highest BCUT2D eigenvalue weighted by Gasteiger charge is 2.16. The lowest BCUT2D eigenvalue weighted by Crippen LogP contribution is -2.42. The summed E-state index contributed by atoms with van der Waals surface area (Å²) < 4.78 is 22.0. The second-order valence-electron chi connectivity index (χ2n) is 7.55. The van der Waals surface area contributed by atoms with Crippen LogP contribution in [0.4, 0.5) is 0 Å². The van der Waals surface area contributed by atoms with Gasteiger partial charge in [-0.3, -0.25) is 4.90 Å². The van der Waals surface area contributed by atoms with Gasteiger partial charge < -0.3 is 29.4 Å². The van der Waals surface area contributed by atoms with Crippen LogP contribution in [0.5, 0.6) is 11.5 Å². The first-order valence-electron chi connectivity index (χ1n) is 10.3. The first kappa shape index (κ1) is 21.3. The van der Waals surface area contributed by atoms with E-state index in [9.17, 15) is 5.11 Å². The smallest absolute Gasteiger partial charge is 0.161 e. The Labute approximate surface area is 167 Å². The summed E-state index contributed by atoms with van der Waals surface area (Å²) in [6.07, 6.45) is 1.73. The predicted octanol–water partition coefficient (Wildman–Crippen LogP) is 1.28. The number of aliphatic hydroxyl groups is 1. The zero-order valence-electron chi connectivity index (χ0n) is 16.9. The van der Waals surface area contributed by atoms with Crippen molar-refractivity contribution in [2.75, 3.05) is 66.3 Å². The van der Waals surface area contributed by atoms with Gasteiger partial charge >= 0.3 is 0 Å². The van der Waals surface area contributed by atoms with E-state index in [2.05, 4.69) is 10.2 Å². The fraction of sp³-hybridized carbons (Fsp3) is 0.714. The zero-order valence-corrected chi connectivity index (χ0v) is 16.9. The largest absolute Gasteiger partial charge is 0.493 e. The van der Waals surface area contributed by atoms with Gasteiger partial charge in [0.05, 0.1) is 20.3 Å². The molecule has 2 heterocycles. The molecule has 1 aromatic rings. The van der Waals surface area contributed by atoms with Crippen molar-refractivity contribution in [1.82, 2.24) is 10.2 Å². The highest BCUT2D eigenvalue weighted by molar-refractivity contribution is 5.43. The SMILES string of the molecule is COc1cc(CNCC2CCOCC2)ccc1OC[C@@H](O)CN1CCOCC1. The average Bonchev–Trinajstić information content (AvgIpc) is 2.74. The van der Waals surface area contributed by atoms with Gasteiger partial charge in [0.1, 0.15) is 12.7 Å². The number of β-amino-alcohol motifs (C(OH)–C–C–N with tert-alkyl or cyclic N) is 1. The molecule has 0 saturated carbocycles. The third-order valence-electron chi connectivity index (χ3n) is 5.33. The van der Waals surface area contributed by atoms with Crippen molar-refractivity contribution < 1.29 is 24.1 Å². The van der Waals surface area contributed by atoms with Gasteiger partial charge in [-0.1, -0.05) is 6.07 Å². The number of nitrogens with one attached hydrogen (secondary N) is 1. The van der Waals surface area contributed by atoms with Gasteiger partial charge in [-0.2, -0.15) is 0 Å². The maximum atomic E-state index is 10.3. The molecule has 1 aromatic carbocycles. The minimum atomic E-state index is -0.538. The van der Waals surface area contributed by atoms with Crippen LogP contribution < -0.4 is 14.8 Å². The Bertz CT molecular complexity index is 574. The number of rotatable bonds is 10. The van der Waals surface area contributed by atoms with Gasteiger partial charge in [-0.05, 0) is 43.0 Å². The molecule has 7 nitrogen and oxygen atoms in total. The van der Waals surface area contributed by atoms with Gasteiger partial charge in [0.2, 0.25) is 0 Å². The van der Waals surface area contributed by atoms with Gasteiger partial charge in [-0.25, -0.2) is 0 Å². The summed E-state index contributed by atoms with van der Waals surface area (Å²) in [5.74, 6) is 2.06. The summed E-state index contributed by atoms with van der Waals surface area (Å²) in [7, 11) is 1.64. The van der Waals surface area contributed by atoms with Crippen LogP contribution in [0.15, 0.2) is 18.2 Å². The van der Waals surface area contributed by atoms with Crippen molar-refractivity contribution >= 4 is 0 Å². The maximum absolute atomic E-state index is 10.3. The monoisotopic (exact) mass is 394 g/mol. The van der Waals surface area contributed by atoms with Gasteiger partial charge in [0.15, 0.2) is 11.5 Å². The molecule has 0 aliphatic carbocycles. The molecule has 2 aliphatic rings. The molecule has 2 fully saturated rings. The molecule has 3 rings (SSSR count). The number of nitrogens with zero attached hydrogens (tertiary/aromatic N) is 1. The van der Waals surface area contributed by atoms with Crippen LogP contribution in [0, 0.1) is 5.92 Å². The number of benzene rings is 1. The van der Waals surface area contributed by atoms with E-state index in [1.54, 1.807) is 7.11 Å². The number of methoxy groups -OCH3 is 1. The summed E-state index contributed by atoms with van der Waals surface area (Å²) in [4.78, 5) is 2.20. The van der Waals surface area contributed by atoms with E-state index in [4.69, 9.17) is 18.9 Å². The van der Waals surface area contributed by atoms with Crippen LogP contribution in [0.2, 0.25) is 0 Å². The van der Waals surface area contributed by atoms with Crippen LogP contribution in [0.1, 0.15) is 18.4 Å². The van der Waals surface area contributed by atoms with Crippen molar-refractivity contribution in [3.05, 3.63) is 23.8 Å². The van der Waals surface area contributed by atoms with E-state index in [0.717, 1.165) is 71.0 Å². The lowest BCUT2D eigenvalue weighted by Gasteiger charge is -2.28. The fourth-order valence-corrected chi connectivity index (χ4v) is 3.63. The molecule has 28 heavy (non-hydrogen) atoms. The van der Waals surface area contributed by atoms with Crippen molar-refractivity contribution in [3.63, 3.8) is 0 Å². The van der Waals surface area contributed by atoms with E-state index in [1.165, 1.54) is 0 Å². The van der Waals surface area contributed by atoms with Crippen LogP contribution >= 0.6 is 0 Å². The topological polar surface area (TPSA) is 72.4 Å². The molecular formula is C21H34N2O5. The first-order chi connectivity index (χ1) is 13.7. The number of hydrogen-bond donors (Lipinski definition) is 2. The molecular weight excluding hydrogens is 360 g/mol. The second-order valence-corrected chi connectivity index (χ2v) is 7.55. The molecule has 0 amide bonds. The number of morpholine rings is 1. The third-order valence-corrected chi connectivity index (χ3v) is 5.33. The summed E-state index contributed by atoms with van der Waals surface area (Å²) in [6, 6.07) is 5.97. The van der Waals surface area contributed by atoms with Crippen molar-refractivity contribution in [1.29, 1.82) is 0 Å². The molecule has 0 spiro atoms. The van der Waals surface area contributed by atoms with Crippen LogP contribution in [-0.2, 0) is 16.0 Å². The van der Waals surface area contributed by atoms with E-state index < -0.39 is 6.10 Å². The van der Waals surface area contributed by atoms with E-state index >= 15 is 0 Å². The lowest BCUT2D eigenvalue weighted by atomic mass is 10.0. The van der Waals surface area contributed by atoms with E-state index in [-0.39, 0.29) is 6.61 Å². The highest BCUT2D eigenvalue weighted by Crippen LogP contribution is 2.28. The molecule has 2 saturated heterocycles. The fourth-order valence-electron chi connectivity index (χ4n) is 3.63. The second kappa shape index (κ2) is 11.6. The average molecular weight is 395 g/mol. The molecule has 2 N–H and O–H groups in total. The summed E-state index contributed by atoms with van der Waals surface area (Å²) in [5, 5.41) is 13.8. The first-order valence-corrected chi connectivity index (χ1v) is 10.3. The van der Waals surface area contributed by atoms with Crippen molar-refractivity contribution in [3.8, 4) is 11.5 Å².